The van der Waals surface area contributed by atoms with Crippen molar-refractivity contribution in [2.45, 2.75) is 94.2 Å². The van der Waals surface area contributed by atoms with Gasteiger partial charge in [0.25, 0.3) is 10.0 Å². The smallest absolute Gasteiger partial charge is 0.399 e. The molecule has 1 saturated heterocycles. The van der Waals surface area contributed by atoms with Crippen LogP contribution in [0.3, 0.4) is 0 Å². The lowest BCUT2D eigenvalue weighted by atomic mass is 9.77. The molecule has 0 N–H and O–H groups in total. The van der Waals surface area contributed by atoms with E-state index in [0.717, 1.165) is 10.3 Å². The molecule has 2 aromatic heterocycles. The Morgan fingerprint density at radius 3 is 2.29 bits per heavy atom. The molecule has 1 aromatic carbocycles. The van der Waals surface area contributed by atoms with Gasteiger partial charge in [-0.25, -0.2) is 15.0 Å². The number of aromatic nitrogens is 4. The zero-order chi connectivity index (χ0) is 33.4. The summed E-state index contributed by atoms with van der Waals surface area (Å²) in [6.07, 6.45) is -4.01. The SMILES string of the molecule is [C-]#[N+]C1(N(COCC[Si](C)(C)C)S(=O)(=O)c2cc(B3OC(C)(C)C(C)(C)O3)c3c(c2)c(-c2nnc(C(F)(F)F)s2)nn3C)CC1. The van der Waals surface area contributed by atoms with Gasteiger partial charge >= 0.3 is 19.0 Å². The Morgan fingerprint density at radius 1 is 1.16 bits per heavy atom. The van der Waals surface area contributed by atoms with Crippen molar-refractivity contribution in [2.75, 3.05) is 13.3 Å². The molecule has 1 saturated carbocycles. The molecule has 45 heavy (non-hydrogen) atoms. The van der Waals surface area contributed by atoms with Crippen molar-refractivity contribution in [1.82, 2.24) is 24.3 Å². The molecule has 0 amide bonds. The van der Waals surface area contributed by atoms with E-state index in [1.165, 1.54) is 16.8 Å². The normalized spacial score (nSPS) is 19.4. The standard InChI is InChI=1S/C27H36BF3N6O5S2Si/c1-24(2)25(3,4)42-28(41-24)19-15-17(44(38,39)37(26(32-5)10-11-26)16-40-12-13-45(7,8)9)14-18-20(35-36(6)21(18)19)22-33-34-23(43-22)27(29,30)31/h14-15H,10-13,16H2,1-4,6-9H3. The molecule has 18 heteroatoms. The van der Waals surface area contributed by atoms with Crippen molar-refractivity contribution in [3.8, 4) is 10.7 Å². The van der Waals surface area contributed by atoms with Crippen LogP contribution in [0, 0.1) is 6.57 Å². The monoisotopic (exact) mass is 684 g/mol. The van der Waals surface area contributed by atoms with E-state index in [9.17, 15) is 21.6 Å². The zero-order valence-corrected chi connectivity index (χ0v) is 29.1. The van der Waals surface area contributed by atoms with Crippen molar-refractivity contribution >= 4 is 52.9 Å². The van der Waals surface area contributed by atoms with E-state index in [-0.39, 0.29) is 27.7 Å². The van der Waals surface area contributed by atoms with Crippen molar-refractivity contribution in [3.63, 3.8) is 0 Å². The second-order valence-corrected chi connectivity index (χ2v) is 22.1. The molecule has 2 fully saturated rings. The fourth-order valence-electron chi connectivity index (χ4n) is 4.91. The minimum atomic E-state index is -4.71. The lowest BCUT2D eigenvalue weighted by Gasteiger charge is -2.32. The van der Waals surface area contributed by atoms with E-state index >= 15 is 0 Å². The van der Waals surface area contributed by atoms with E-state index in [1.807, 2.05) is 27.7 Å². The molecule has 0 atom stereocenters. The number of rotatable bonds is 10. The maximum Gasteiger partial charge on any atom is 0.497 e. The molecule has 0 spiro atoms. The van der Waals surface area contributed by atoms with Crippen LogP contribution in [0.5, 0.6) is 0 Å². The summed E-state index contributed by atoms with van der Waals surface area (Å²) in [5.41, 5.74) is -2.09. The first-order valence-electron chi connectivity index (χ1n) is 14.4. The quantitative estimate of drug-likeness (QED) is 0.125. The average molecular weight is 685 g/mol. The highest BCUT2D eigenvalue weighted by atomic mass is 32.2. The minimum Gasteiger partial charge on any atom is -0.399 e. The van der Waals surface area contributed by atoms with Gasteiger partial charge < -0.3 is 14.0 Å². The Morgan fingerprint density at radius 2 is 1.78 bits per heavy atom. The van der Waals surface area contributed by atoms with Crippen LogP contribution in [0.15, 0.2) is 17.0 Å². The van der Waals surface area contributed by atoms with Crippen LogP contribution >= 0.6 is 11.3 Å². The average Bonchev–Trinajstić information content (AvgIpc) is 3.27. The van der Waals surface area contributed by atoms with E-state index in [1.54, 1.807) is 7.05 Å². The zero-order valence-electron chi connectivity index (χ0n) is 26.4. The highest BCUT2D eigenvalue weighted by Gasteiger charge is 2.61. The van der Waals surface area contributed by atoms with E-state index in [4.69, 9.17) is 20.6 Å². The molecule has 11 nitrogen and oxygen atoms in total. The van der Waals surface area contributed by atoms with Crippen molar-refractivity contribution in [3.05, 3.63) is 28.6 Å². The molecule has 0 bridgehead atoms. The molecule has 244 valence electrons. The van der Waals surface area contributed by atoms with Crippen LogP contribution in [0.1, 0.15) is 45.5 Å². The molecule has 1 aliphatic heterocycles. The molecule has 1 aliphatic carbocycles. The van der Waals surface area contributed by atoms with Gasteiger partial charge in [-0.05, 0) is 45.9 Å². The summed E-state index contributed by atoms with van der Waals surface area (Å²) >= 11 is 0.310. The number of sulfonamides is 1. The maximum absolute atomic E-state index is 14.5. The second kappa shape index (κ2) is 11.1. The van der Waals surface area contributed by atoms with Crippen LogP contribution < -0.4 is 5.46 Å². The highest BCUT2D eigenvalue weighted by molar-refractivity contribution is 7.89. The van der Waals surface area contributed by atoms with Gasteiger partial charge in [-0.1, -0.05) is 35.3 Å². The van der Waals surface area contributed by atoms with Crippen LogP contribution in [0.4, 0.5) is 13.2 Å². The van der Waals surface area contributed by atoms with Gasteiger partial charge in [0.2, 0.25) is 5.01 Å². The number of ether oxygens (including phenoxy) is 1. The number of nitrogens with zero attached hydrogens (tertiary/aromatic N) is 6. The number of aryl methyl sites for hydroxylation is 1. The van der Waals surface area contributed by atoms with Crippen molar-refractivity contribution in [2.24, 2.45) is 7.05 Å². The first kappa shape index (κ1) is 34.0. The summed E-state index contributed by atoms with van der Waals surface area (Å²) in [5.74, 6) is 0. The van der Waals surface area contributed by atoms with Crippen molar-refractivity contribution in [1.29, 1.82) is 0 Å². The van der Waals surface area contributed by atoms with E-state index in [2.05, 4.69) is 39.8 Å². The Kier molecular flexibility index (Phi) is 8.37. The van der Waals surface area contributed by atoms with E-state index < -0.39 is 53.3 Å². The maximum atomic E-state index is 14.5. The van der Waals surface area contributed by atoms with Gasteiger partial charge in [0.15, 0.2) is 5.01 Å². The fraction of sp³-hybridized carbons (Fsp3) is 0.630. The Bertz CT molecular complexity index is 1760. The van der Waals surface area contributed by atoms with Crippen LogP contribution in [0.25, 0.3) is 26.4 Å². The number of halogens is 3. The number of alkyl halides is 3. The van der Waals surface area contributed by atoms with E-state index in [0.29, 0.717) is 41.8 Å². The molecular weight excluding hydrogens is 648 g/mol. The lowest BCUT2D eigenvalue weighted by Crippen LogP contribution is -2.43. The van der Waals surface area contributed by atoms with Gasteiger partial charge in [-0.15, -0.1) is 10.2 Å². The highest BCUT2D eigenvalue weighted by Crippen LogP contribution is 2.47. The predicted octanol–water partition coefficient (Wildman–Crippen LogP) is 5.12. The number of hydrogen-bond acceptors (Lipinski definition) is 9. The predicted molar refractivity (Wildman–Crippen MR) is 167 cm³/mol. The van der Waals surface area contributed by atoms with Crippen LogP contribution in [0.2, 0.25) is 25.7 Å². The minimum absolute atomic E-state index is 0.0274. The van der Waals surface area contributed by atoms with Crippen LogP contribution in [-0.2, 0) is 37.3 Å². The largest absolute Gasteiger partial charge is 0.497 e. The van der Waals surface area contributed by atoms with Gasteiger partial charge in [0.1, 0.15) is 12.4 Å². The Hall–Kier alpha value is -2.40. The summed E-state index contributed by atoms with van der Waals surface area (Å²) in [5, 5.41) is 10.4. The second-order valence-electron chi connectivity index (χ2n) is 13.7. The summed E-state index contributed by atoms with van der Waals surface area (Å²) in [7, 11) is -5.30. The first-order valence-corrected chi connectivity index (χ1v) is 20.3. The fourth-order valence-corrected chi connectivity index (χ4v) is 8.06. The topological polar surface area (TPSA) is 113 Å². The first-order chi connectivity index (χ1) is 20.6. The molecule has 0 radical (unpaired) electrons. The summed E-state index contributed by atoms with van der Waals surface area (Å²) in [4.78, 5) is 3.49. The van der Waals surface area contributed by atoms with Crippen molar-refractivity contribution < 1.29 is 35.6 Å². The molecule has 2 aliphatic rings. The third-order valence-corrected chi connectivity index (χ3v) is 13.0. The number of benzene rings is 1. The van der Waals surface area contributed by atoms with Gasteiger partial charge in [0, 0.05) is 32.6 Å². The third kappa shape index (κ3) is 6.32. The molecular formula is C27H36BF3N6O5S2Si. The summed E-state index contributed by atoms with van der Waals surface area (Å²) in [6, 6.07) is 3.60. The molecule has 3 heterocycles. The lowest BCUT2D eigenvalue weighted by molar-refractivity contribution is -0.138. The van der Waals surface area contributed by atoms with Gasteiger partial charge in [-0.3, -0.25) is 9.53 Å². The summed E-state index contributed by atoms with van der Waals surface area (Å²) in [6.45, 7) is 21.8. The number of hydrogen-bond donors (Lipinski definition) is 0. The summed E-state index contributed by atoms with van der Waals surface area (Å²) < 4.78 is 90.2. The molecule has 5 rings (SSSR count). The Labute approximate surface area is 266 Å². The number of fused-ring (bicyclic) bond motifs is 1. The van der Waals surface area contributed by atoms with Crippen LogP contribution in [-0.4, -0.2) is 78.1 Å². The van der Waals surface area contributed by atoms with Gasteiger partial charge in [0.05, 0.1) is 34.5 Å². The third-order valence-electron chi connectivity index (χ3n) is 8.48. The molecule has 3 aromatic rings. The molecule has 0 unspecified atom stereocenters. The van der Waals surface area contributed by atoms with Gasteiger partial charge in [-0.2, -0.15) is 18.3 Å². The Balaban J connectivity index is 1.68.